The van der Waals surface area contributed by atoms with E-state index in [4.69, 9.17) is 5.10 Å². The van der Waals surface area contributed by atoms with Crippen LogP contribution in [0.2, 0.25) is 0 Å². The lowest BCUT2D eigenvalue weighted by Gasteiger charge is -2.24. The fourth-order valence-electron chi connectivity index (χ4n) is 4.23. The summed E-state index contributed by atoms with van der Waals surface area (Å²) in [5, 5.41) is 4.71. The van der Waals surface area contributed by atoms with Crippen molar-refractivity contribution in [3.05, 3.63) is 88.6 Å². The number of Topliss-reactive ketones (excluding diaryl/α,β-unsaturated/α-hetero) is 1. The van der Waals surface area contributed by atoms with E-state index in [9.17, 15) is 9.18 Å². The molecule has 4 aromatic rings. The molecule has 0 saturated carbocycles. The first kappa shape index (κ1) is 17.7. The fourth-order valence-corrected chi connectivity index (χ4v) is 4.23. The predicted molar refractivity (Wildman–Crippen MR) is 110 cm³/mol. The zero-order chi connectivity index (χ0) is 20.1. The third-order valence-electron chi connectivity index (χ3n) is 5.77. The van der Waals surface area contributed by atoms with Gasteiger partial charge < -0.3 is 0 Å². The smallest absolute Gasteiger partial charge is 0.166 e. The van der Waals surface area contributed by atoms with Crippen LogP contribution < -0.4 is 0 Å². The van der Waals surface area contributed by atoms with E-state index < -0.39 is 0 Å². The van der Waals surface area contributed by atoms with Crippen molar-refractivity contribution >= 4 is 11.4 Å². The Morgan fingerprint density at radius 1 is 1.00 bits per heavy atom. The summed E-state index contributed by atoms with van der Waals surface area (Å²) in [5.74, 6) is -0.0533. The maximum atomic E-state index is 13.4. The molecule has 1 aliphatic rings. The Balaban J connectivity index is 1.65. The van der Waals surface area contributed by atoms with E-state index in [0.717, 1.165) is 28.9 Å². The van der Waals surface area contributed by atoms with Crippen LogP contribution in [0.1, 0.15) is 45.2 Å². The first-order valence-electron chi connectivity index (χ1n) is 9.74. The lowest BCUT2D eigenvalue weighted by molar-refractivity contribution is 0.0962. The van der Waals surface area contributed by atoms with Gasteiger partial charge in [-0.1, -0.05) is 42.0 Å². The van der Waals surface area contributed by atoms with Gasteiger partial charge in [-0.25, -0.2) is 13.9 Å². The molecule has 0 saturated heterocycles. The molecule has 29 heavy (non-hydrogen) atoms. The zero-order valence-corrected chi connectivity index (χ0v) is 16.3. The number of carbonyl (C=O) groups is 1. The van der Waals surface area contributed by atoms with Crippen LogP contribution in [0.5, 0.6) is 0 Å². The van der Waals surface area contributed by atoms with Crippen LogP contribution in [0, 0.1) is 19.7 Å². The van der Waals surface area contributed by atoms with Gasteiger partial charge in [0, 0.05) is 18.2 Å². The minimum Gasteiger partial charge on any atom is -0.294 e. The van der Waals surface area contributed by atoms with Crippen molar-refractivity contribution in [2.45, 2.75) is 32.6 Å². The van der Waals surface area contributed by atoms with E-state index in [2.05, 4.69) is 36.2 Å². The van der Waals surface area contributed by atoms with Gasteiger partial charge in [0.1, 0.15) is 5.82 Å². The SMILES string of the molecule is Cc1ccc([C@H]2CC(=O)c3cnc4c(-c5ccc(F)cc5)c(C)nn4c3C2)cc1. The molecule has 2 aromatic heterocycles. The van der Waals surface area contributed by atoms with E-state index in [1.165, 1.54) is 23.3 Å². The maximum absolute atomic E-state index is 13.4. The first-order chi connectivity index (χ1) is 14.0. The molecule has 2 aromatic carbocycles. The highest BCUT2D eigenvalue weighted by Crippen LogP contribution is 2.35. The molecule has 1 atom stereocenters. The molecule has 0 spiro atoms. The van der Waals surface area contributed by atoms with Crippen molar-refractivity contribution in [3.8, 4) is 11.1 Å². The second kappa shape index (κ2) is 6.62. The molecule has 5 rings (SSSR count). The van der Waals surface area contributed by atoms with Crippen LogP contribution in [0.15, 0.2) is 54.7 Å². The molecule has 5 heteroatoms. The Morgan fingerprint density at radius 3 is 2.45 bits per heavy atom. The molecule has 0 aliphatic heterocycles. The lowest BCUT2D eigenvalue weighted by Crippen LogP contribution is -2.22. The highest BCUT2D eigenvalue weighted by Gasteiger charge is 2.30. The molecule has 0 amide bonds. The van der Waals surface area contributed by atoms with E-state index in [1.807, 2.05) is 11.4 Å². The van der Waals surface area contributed by atoms with Gasteiger partial charge in [0.15, 0.2) is 11.4 Å². The second-order valence-electron chi connectivity index (χ2n) is 7.76. The van der Waals surface area contributed by atoms with Crippen molar-refractivity contribution < 1.29 is 9.18 Å². The Hall–Kier alpha value is -3.34. The number of carbonyl (C=O) groups excluding carboxylic acids is 1. The molecule has 0 N–H and O–H groups in total. The van der Waals surface area contributed by atoms with Crippen molar-refractivity contribution in [3.63, 3.8) is 0 Å². The summed E-state index contributed by atoms with van der Waals surface area (Å²) in [4.78, 5) is 17.4. The quantitative estimate of drug-likeness (QED) is 0.484. The number of aromatic nitrogens is 3. The summed E-state index contributed by atoms with van der Waals surface area (Å²) >= 11 is 0. The molecule has 4 nitrogen and oxygen atoms in total. The number of hydrogen-bond acceptors (Lipinski definition) is 3. The van der Waals surface area contributed by atoms with Crippen molar-refractivity contribution in [2.75, 3.05) is 0 Å². The molecule has 0 unspecified atom stereocenters. The first-order valence-corrected chi connectivity index (χ1v) is 9.74. The van der Waals surface area contributed by atoms with Crippen molar-refractivity contribution in [2.24, 2.45) is 0 Å². The summed E-state index contributed by atoms with van der Waals surface area (Å²) in [6, 6.07) is 14.7. The molecule has 144 valence electrons. The number of halogens is 1. The number of benzene rings is 2. The van der Waals surface area contributed by atoms with Crippen LogP contribution in [-0.4, -0.2) is 20.4 Å². The van der Waals surface area contributed by atoms with E-state index in [0.29, 0.717) is 17.6 Å². The largest absolute Gasteiger partial charge is 0.294 e. The van der Waals surface area contributed by atoms with Crippen LogP contribution in [0.3, 0.4) is 0 Å². The Morgan fingerprint density at radius 2 is 1.72 bits per heavy atom. The van der Waals surface area contributed by atoms with Gasteiger partial charge in [-0.2, -0.15) is 5.10 Å². The van der Waals surface area contributed by atoms with Crippen LogP contribution in [0.4, 0.5) is 4.39 Å². The Labute approximate surface area is 168 Å². The van der Waals surface area contributed by atoms with E-state index in [1.54, 1.807) is 18.3 Å². The fraction of sp³-hybridized carbons (Fsp3) is 0.208. The van der Waals surface area contributed by atoms with Crippen molar-refractivity contribution in [1.29, 1.82) is 0 Å². The van der Waals surface area contributed by atoms with Gasteiger partial charge in [0.2, 0.25) is 0 Å². The van der Waals surface area contributed by atoms with Gasteiger partial charge in [0.05, 0.1) is 17.0 Å². The maximum Gasteiger partial charge on any atom is 0.166 e. The van der Waals surface area contributed by atoms with E-state index >= 15 is 0 Å². The van der Waals surface area contributed by atoms with Gasteiger partial charge in [-0.15, -0.1) is 0 Å². The van der Waals surface area contributed by atoms with Gasteiger partial charge in [0.25, 0.3) is 0 Å². The predicted octanol–water partition coefficient (Wildman–Crippen LogP) is 5.06. The number of rotatable bonds is 2. The Bertz CT molecular complexity index is 1240. The summed E-state index contributed by atoms with van der Waals surface area (Å²) in [7, 11) is 0. The standard InChI is InChI=1S/C24H20FN3O/c1-14-3-5-16(6-4-14)18-11-21-20(22(29)12-18)13-26-24-23(15(2)27-28(21)24)17-7-9-19(25)10-8-17/h3-10,13,18H,11-12H2,1-2H3/t18-/m1/s1. The number of nitrogens with zero attached hydrogens (tertiary/aromatic N) is 3. The van der Waals surface area contributed by atoms with Crippen LogP contribution >= 0.6 is 0 Å². The summed E-state index contributed by atoms with van der Waals surface area (Å²) in [6.45, 7) is 3.98. The Kier molecular flexibility index (Phi) is 4.05. The number of hydrogen-bond donors (Lipinski definition) is 0. The highest BCUT2D eigenvalue weighted by molar-refractivity contribution is 5.99. The molecular weight excluding hydrogens is 365 g/mol. The van der Waals surface area contributed by atoms with Crippen LogP contribution in [-0.2, 0) is 6.42 Å². The number of aryl methyl sites for hydroxylation is 2. The van der Waals surface area contributed by atoms with E-state index in [-0.39, 0.29) is 17.5 Å². The minimum atomic E-state index is -0.278. The monoisotopic (exact) mass is 385 g/mol. The summed E-state index contributed by atoms with van der Waals surface area (Å²) < 4.78 is 15.2. The average molecular weight is 385 g/mol. The zero-order valence-electron chi connectivity index (χ0n) is 16.3. The normalized spacial score (nSPS) is 16.2. The van der Waals surface area contributed by atoms with Gasteiger partial charge in [-0.05, 0) is 49.4 Å². The molecular formula is C24H20FN3O. The second-order valence-corrected chi connectivity index (χ2v) is 7.76. The number of fused-ring (bicyclic) bond motifs is 3. The van der Waals surface area contributed by atoms with Gasteiger partial charge in [-0.3, -0.25) is 4.79 Å². The topological polar surface area (TPSA) is 47.3 Å². The van der Waals surface area contributed by atoms with Gasteiger partial charge >= 0.3 is 0 Å². The molecule has 0 radical (unpaired) electrons. The highest BCUT2D eigenvalue weighted by atomic mass is 19.1. The lowest BCUT2D eigenvalue weighted by atomic mass is 9.82. The minimum absolute atomic E-state index is 0.0997. The van der Waals surface area contributed by atoms with Crippen molar-refractivity contribution in [1.82, 2.24) is 14.6 Å². The molecule has 1 aliphatic carbocycles. The number of ketones is 1. The summed E-state index contributed by atoms with van der Waals surface area (Å²) in [5.41, 5.74) is 7.16. The molecule has 0 fully saturated rings. The molecule has 0 bridgehead atoms. The average Bonchev–Trinajstić information content (AvgIpc) is 3.05. The van der Waals surface area contributed by atoms with Crippen LogP contribution in [0.25, 0.3) is 16.8 Å². The third kappa shape index (κ3) is 2.94. The third-order valence-corrected chi connectivity index (χ3v) is 5.77. The molecule has 2 heterocycles. The summed E-state index contributed by atoms with van der Waals surface area (Å²) in [6.07, 6.45) is 2.88.